The lowest BCUT2D eigenvalue weighted by Gasteiger charge is -2.12. The molecular weight excluding hydrogens is 326 g/mol. The zero-order valence-corrected chi connectivity index (χ0v) is 13.5. The Bertz CT molecular complexity index is 735. The smallest absolute Gasteiger partial charge is 0.251 e. The van der Waals surface area contributed by atoms with Gasteiger partial charge in [0.05, 0.1) is 17.4 Å². The number of aromatic nitrogens is 2. The summed E-state index contributed by atoms with van der Waals surface area (Å²) in [6, 6.07) is 6.29. The van der Waals surface area contributed by atoms with Crippen LogP contribution >= 0.6 is 23.4 Å². The minimum absolute atomic E-state index is 0.224. The number of nitrogens with zero attached hydrogens (tertiary/aromatic N) is 1. The number of halogens is 1. The Hall–Kier alpha value is -1.99. The molecule has 22 heavy (non-hydrogen) atoms. The predicted molar refractivity (Wildman–Crippen MR) is 86.8 cm³/mol. The summed E-state index contributed by atoms with van der Waals surface area (Å²) in [5, 5.41) is 3.11. The monoisotopic (exact) mass is 339 g/mol. The maximum atomic E-state index is 12.1. The third-order valence-corrected chi connectivity index (χ3v) is 4.02. The van der Waals surface area contributed by atoms with Gasteiger partial charge in [-0.05, 0) is 25.1 Å². The van der Waals surface area contributed by atoms with Gasteiger partial charge in [-0.1, -0.05) is 23.4 Å². The second-order valence-corrected chi connectivity index (χ2v) is 6.07. The standard InChI is InChI=1S/C14H14ClN3O3S/c1-8(22-14-16-6-5-12(19)18-14)13(20)17-9-3-4-11(21-2)10(15)7-9/h3-8H,1-2H3,(H,17,20)(H,16,18,19)/t8-/m0/s1. The first-order chi connectivity index (χ1) is 10.5. The molecule has 0 unspecified atom stereocenters. The molecule has 1 atom stereocenters. The number of carbonyl (C=O) groups excluding carboxylic acids is 1. The molecule has 0 aliphatic rings. The topological polar surface area (TPSA) is 84.1 Å². The summed E-state index contributed by atoms with van der Waals surface area (Å²) in [5.41, 5.74) is 0.310. The van der Waals surface area contributed by atoms with Gasteiger partial charge in [-0.25, -0.2) is 4.98 Å². The zero-order chi connectivity index (χ0) is 16.1. The fourth-order valence-electron chi connectivity index (χ4n) is 1.62. The molecule has 0 fully saturated rings. The Morgan fingerprint density at radius 1 is 1.45 bits per heavy atom. The van der Waals surface area contributed by atoms with Gasteiger partial charge >= 0.3 is 0 Å². The second-order valence-electron chi connectivity index (χ2n) is 4.34. The highest BCUT2D eigenvalue weighted by molar-refractivity contribution is 8.00. The van der Waals surface area contributed by atoms with Crippen LogP contribution in [-0.2, 0) is 4.79 Å². The number of benzene rings is 1. The molecule has 0 aliphatic heterocycles. The van der Waals surface area contributed by atoms with E-state index < -0.39 is 5.25 Å². The van der Waals surface area contributed by atoms with Crippen molar-refractivity contribution in [3.05, 3.63) is 45.8 Å². The minimum Gasteiger partial charge on any atom is -0.495 e. The number of rotatable bonds is 5. The number of methoxy groups -OCH3 is 1. The van der Waals surface area contributed by atoms with Crippen molar-refractivity contribution in [1.29, 1.82) is 0 Å². The van der Waals surface area contributed by atoms with Crippen molar-refractivity contribution in [3.8, 4) is 5.75 Å². The number of thioether (sulfide) groups is 1. The van der Waals surface area contributed by atoms with Crippen molar-refractivity contribution in [1.82, 2.24) is 9.97 Å². The van der Waals surface area contributed by atoms with Crippen LogP contribution in [0.15, 0.2) is 40.4 Å². The second kappa shape index (κ2) is 7.33. The van der Waals surface area contributed by atoms with E-state index in [0.717, 1.165) is 11.8 Å². The average molecular weight is 340 g/mol. The lowest BCUT2D eigenvalue weighted by molar-refractivity contribution is -0.115. The van der Waals surface area contributed by atoms with Crippen LogP contribution in [-0.4, -0.2) is 28.2 Å². The van der Waals surface area contributed by atoms with Crippen LogP contribution in [0.25, 0.3) is 0 Å². The zero-order valence-electron chi connectivity index (χ0n) is 11.9. The van der Waals surface area contributed by atoms with E-state index in [1.807, 2.05) is 0 Å². The normalized spacial score (nSPS) is 11.8. The van der Waals surface area contributed by atoms with Crippen molar-refractivity contribution in [2.75, 3.05) is 12.4 Å². The first-order valence-electron chi connectivity index (χ1n) is 6.36. The van der Waals surface area contributed by atoms with E-state index in [2.05, 4.69) is 15.3 Å². The Kier molecular flexibility index (Phi) is 5.46. The average Bonchev–Trinajstić information content (AvgIpc) is 2.47. The molecule has 1 amide bonds. The van der Waals surface area contributed by atoms with Crippen LogP contribution in [0.5, 0.6) is 5.75 Å². The molecule has 2 rings (SSSR count). The van der Waals surface area contributed by atoms with E-state index in [0.29, 0.717) is 21.6 Å². The van der Waals surface area contributed by atoms with E-state index in [-0.39, 0.29) is 11.5 Å². The molecule has 6 nitrogen and oxygen atoms in total. The maximum Gasteiger partial charge on any atom is 0.251 e. The van der Waals surface area contributed by atoms with Gasteiger partial charge in [0, 0.05) is 18.0 Å². The van der Waals surface area contributed by atoms with Gasteiger partial charge in [0.2, 0.25) is 5.91 Å². The Balaban J connectivity index is 2.02. The summed E-state index contributed by atoms with van der Waals surface area (Å²) in [6.07, 6.45) is 1.40. The number of amides is 1. The van der Waals surface area contributed by atoms with Crippen molar-refractivity contribution >= 4 is 35.0 Å². The van der Waals surface area contributed by atoms with Crippen LogP contribution in [0.2, 0.25) is 5.02 Å². The minimum atomic E-state index is -0.438. The fourth-order valence-corrected chi connectivity index (χ4v) is 2.66. The van der Waals surface area contributed by atoms with Crippen molar-refractivity contribution in [3.63, 3.8) is 0 Å². The lowest BCUT2D eigenvalue weighted by Crippen LogP contribution is -2.23. The van der Waals surface area contributed by atoms with Gasteiger partial charge in [-0.3, -0.25) is 9.59 Å². The molecule has 0 saturated heterocycles. The van der Waals surface area contributed by atoms with Gasteiger partial charge in [0.15, 0.2) is 5.16 Å². The molecule has 1 aromatic heterocycles. The summed E-state index contributed by atoms with van der Waals surface area (Å²) >= 11 is 7.17. The van der Waals surface area contributed by atoms with Crippen LogP contribution in [0.3, 0.4) is 0 Å². The number of hydrogen-bond donors (Lipinski definition) is 2. The molecule has 2 aromatic rings. The van der Waals surface area contributed by atoms with Crippen LogP contribution in [0.4, 0.5) is 5.69 Å². The fraction of sp³-hybridized carbons (Fsp3) is 0.214. The SMILES string of the molecule is COc1ccc(NC(=O)[C@H](C)Sc2nccc(=O)[nH]2)cc1Cl. The highest BCUT2D eigenvalue weighted by atomic mass is 35.5. The molecule has 0 bridgehead atoms. The molecule has 0 spiro atoms. The third-order valence-electron chi connectivity index (χ3n) is 2.72. The Morgan fingerprint density at radius 2 is 2.23 bits per heavy atom. The van der Waals surface area contributed by atoms with Crippen LogP contribution < -0.4 is 15.6 Å². The molecule has 116 valence electrons. The Morgan fingerprint density at radius 3 is 2.86 bits per heavy atom. The van der Waals surface area contributed by atoms with E-state index in [1.165, 1.54) is 19.4 Å². The summed E-state index contributed by atoms with van der Waals surface area (Å²) < 4.78 is 5.05. The molecule has 0 saturated carbocycles. The highest BCUT2D eigenvalue weighted by Crippen LogP contribution is 2.28. The number of anilines is 1. The summed E-state index contributed by atoms with van der Waals surface area (Å²) in [5.74, 6) is 0.311. The van der Waals surface area contributed by atoms with E-state index in [4.69, 9.17) is 16.3 Å². The van der Waals surface area contributed by atoms with Gasteiger partial charge in [0.1, 0.15) is 5.75 Å². The first-order valence-corrected chi connectivity index (χ1v) is 7.61. The highest BCUT2D eigenvalue weighted by Gasteiger charge is 2.16. The van der Waals surface area contributed by atoms with Gasteiger partial charge in [-0.2, -0.15) is 0 Å². The van der Waals surface area contributed by atoms with Gasteiger partial charge in [-0.15, -0.1) is 0 Å². The van der Waals surface area contributed by atoms with Crippen molar-refractivity contribution in [2.45, 2.75) is 17.3 Å². The molecule has 2 N–H and O–H groups in total. The lowest BCUT2D eigenvalue weighted by atomic mass is 10.3. The number of ether oxygens (including phenoxy) is 1. The molecule has 1 heterocycles. The number of carbonyl (C=O) groups is 1. The molecule has 0 aliphatic carbocycles. The third kappa shape index (κ3) is 4.25. The van der Waals surface area contributed by atoms with E-state index in [1.54, 1.807) is 25.1 Å². The van der Waals surface area contributed by atoms with Crippen molar-refractivity contribution in [2.24, 2.45) is 0 Å². The number of H-pyrrole nitrogens is 1. The number of hydrogen-bond acceptors (Lipinski definition) is 5. The van der Waals surface area contributed by atoms with Gasteiger partial charge in [0.25, 0.3) is 5.56 Å². The summed E-state index contributed by atoms with van der Waals surface area (Å²) in [6.45, 7) is 1.72. The largest absolute Gasteiger partial charge is 0.495 e. The molecule has 1 aromatic carbocycles. The van der Waals surface area contributed by atoms with E-state index in [9.17, 15) is 9.59 Å². The number of aromatic amines is 1. The van der Waals surface area contributed by atoms with Crippen LogP contribution in [0, 0.1) is 0 Å². The van der Waals surface area contributed by atoms with Crippen molar-refractivity contribution < 1.29 is 9.53 Å². The predicted octanol–water partition coefficient (Wildman–Crippen LogP) is 2.55. The Labute approximate surface area is 136 Å². The maximum absolute atomic E-state index is 12.1. The number of nitrogens with one attached hydrogen (secondary N) is 2. The summed E-state index contributed by atoms with van der Waals surface area (Å²) in [4.78, 5) is 29.9. The quantitative estimate of drug-likeness (QED) is 0.646. The summed E-state index contributed by atoms with van der Waals surface area (Å²) in [7, 11) is 1.52. The first kappa shape index (κ1) is 16.4. The van der Waals surface area contributed by atoms with E-state index >= 15 is 0 Å². The molecule has 8 heteroatoms. The van der Waals surface area contributed by atoms with Gasteiger partial charge < -0.3 is 15.0 Å². The molecule has 0 radical (unpaired) electrons. The van der Waals surface area contributed by atoms with Crippen LogP contribution in [0.1, 0.15) is 6.92 Å². The molecular formula is C14H14ClN3O3S.